The summed E-state index contributed by atoms with van der Waals surface area (Å²) in [5.74, 6) is -0.0193. The molecule has 0 amide bonds. The average Bonchev–Trinajstić information content (AvgIpc) is 3.42. The van der Waals surface area contributed by atoms with Crippen LogP contribution < -0.4 is 4.74 Å². The second-order valence-electron chi connectivity index (χ2n) is 10.6. The number of benzene rings is 4. The molecule has 0 bridgehead atoms. The van der Waals surface area contributed by atoms with E-state index in [0.29, 0.717) is 39.3 Å². The first-order valence-corrected chi connectivity index (χ1v) is 15.2. The third-order valence-electron chi connectivity index (χ3n) is 7.77. The van der Waals surface area contributed by atoms with Gasteiger partial charge in [-0.3, -0.25) is 4.79 Å². The van der Waals surface area contributed by atoms with Crippen molar-refractivity contribution in [2.75, 3.05) is 7.11 Å². The summed E-state index contributed by atoms with van der Waals surface area (Å²) in [4.78, 5) is 12.8. The molecular formula is C34H33NO7S. The molecule has 0 fully saturated rings. The van der Waals surface area contributed by atoms with Crippen molar-refractivity contribution in [2.24, 2.45) is 0 Å². The molecule has 5 aromatic rings. The van der Waals surface area contributed by atoms with Crippen molar-refractivity contribution in [2.45, 2.75) is 44.7 Å². The Morgan fingerprint density at radius 2 is 1.56 bits per heavy atom. The minimum absolute atomic E-state index is 0.0320. The second-order valence-corrected chi connectivity index (χ2v) is 12.4. The number of methoxy groups -OCH3 is 1. The lowest BCUT2D eigenvalue weighted by molar-refractivity contribution is -0.141. The Hall–Kier alpha value is -4.60. The minimum atomic E-state index is -4.33. The smallest absolute Gasteiger partial charge is 0.322 e. The number of para-hydroxylation sites is 1. The van der Waals surface area contributed by atoms with Gasteiger partial charge >= 0.3 is 5.97 Å². The molecule has 222 valence electrons. The zero-order valence-electron chi connectivity index (χ0n) is 24.4. The van der Waals surface area contributed by atoms with Crippen LogP contribution >= 0.6 is 0 Å². The molecule has 0 saturated heterocycles. The molecule has 43 heavy (non-hydrogen) atoms. The van der Waals surface area contributed by atoms with Crippen LogP contribution in [0, 0.1) is 20.8 Å². The quantitative estimate of drug-likeness (QED) is 0.185. The predicted octanol–water partition coefficient (Wildman–Crippen LogP) is 6.63. The summed E-state index contributed by atoms with van der Waals surface area (Å²) >= 11 is 0. The maximum absolute atomic E-state index is 14.5. The summed E-state index contributed by atoms with van der Waals surface area (Å²) < 4.78 is 41.4. The van der Waals surface area contributed by atoms with E-state index in [1.54, 1.807) is 51.1 Å². The van der Waals surface area contributed by atoms with Crippen LogP contribution in [0.2, 0.25) is 0 Å². The zero-order chi connectivity index (χ0) is 30.9. The Balaban J connectivity index is 1.57. The van der Waals surface area contributed by atoms with Crippen molar-refractivity contribution in [3.05, 3.63) is 113 Å². The fourth-order valence-electron chi connectivity index (χ4n) is 5.36. The molecule has 5 rings (SSSR count). The summed E-state index contributed by atoms with van der Waals surface area (Å²) in [6.45, 7) is 4.98. The first kappa shape index (κ1) is 29.9. The number of fused-ring (bicyclic) bond motifs is 1. The highest BCUT2D eigenvalue weighted by Gasteiger charge is 2.38. The van der Waals surface area contributed by atoms with Crippen molar-refractivity contribution in [1.29, 1.82) is 0 Å². The van der Waals surface area contributed by atoms with Gasteiger partial charge in [-0.1, -0.05) is 54.6 Å². The van der Waals surface area contributed by atoms with Gasteiger partial charge in [0.05, 0.1) is 12.0 Å². The fraction of sp³-hybridized carbons (Fsp3) is 0.206. The third kappa shape index (κ3) is 6.00. The fourth-order valence-corrected chi connectivity index (χ4v) is 7.42. The predicted molar refractivity (Wildman–Crippen MR) is 165 cm³/mol. The second kappa shape index (κ2) is 11.9. The molecule has 1 aromatic heterocycles. The van der Waals surface area contributed by atoms with Crippen LogP contribution in [0.1, 0.15) is 27.8 Å². The van der Waals surface area contributed by atoms with Crippen LogP contribution in [0.4, 0.5) is 0 Å². The van der Waals surface area contributed by atoms with Crippen molar-refractivity contribution < 1.29 is 32.6 Å². The maximum atomic E-state index is 14.5. The molecule has 9 heteroatoms. The summed E-state index contributed by atoms with van der Waals surface area (Å²) in [6.07, 6.45) is -0.0981. The van der Waals surface area contributed by atoms with Crippen LogP contribution in [-0.4, -0.2) is 42.1 Å². The number of carboxylic acid groups (broad SMARTS) is 1. The number of hydrogen-bond donors (Lipinski definition) is 2. The number of furan rings is 1. The lowest BCUT2D eigenvalue weighted by Gasteiger charge is -2.30. The number of carbonyl (C=O) groups is 1. The van der Waals surface area contributed by atoms with Crippen molar-refractivity contribution in [3.63, 3.8) is 0 Å². The summed E-state index contributed by atoms with van der Waals surface area (Å²) in [5, 5.41) is 21.1. The van der Waals surface area contributed by atoms with E-state index in [0.717, 1.165) is 20.8 Å². The van der Waals surface area contributed by atoms with E-state index >= 15 is 0 Å². The molecule has 0 aliphatic heterocycles. The lowest BCUT2D eigenvalue weighted by Crippen LogP contribution is -2.46. The Kier molecular flexibility index (Phi) is 8.30. The van der Waals surface area contributed by atoms with E-state index in [9.17, 15) is 23.4 Å². The van der Waals surface area contributed by atoms with Crippen LogP contribution in [0.15, 0.2) is 94.2 Å². The molecule has 8 nitrogen and oxygen atoms in total. The van der Waals surface area contributed by atoms with E-state index in [1.807, 2.05) is 42.5 Å². The van der Waals surface area contributed by atoms with Gasteiger partial charge in [0, 0.05) is 17.5 Å². The SMILES string of the molecule is COc1cc(C)c(S(=O)(=O)N(Cc2ccc(-c3cc4ccccc4o3)cc2)C(Cc2ccc(O)cc2)C(=O)O)c(C)c1C. The number of sulfonamides is 1. The number of aromatic hydroxyl groups is 1. The average molecular weight is 600 g/mol. The van der Waals surface area contributed by atoms with Crippen LogP contribution in [-0.2, 0) is 27.8 Å². The van der Waals surface area contributed by atoms with Gasteiger partial charge < -0.3 is 19.4 Å². The van der Waals surface area contributed by atoms with Crippen LogP contribution in [0.3, 0.4) is 0 Å². The normalized spacial score (nSPS) is 12.5. The molecule has 4 aromatic carbocycles. The molecule has 0 radical (unpaired) electrons. The molecule has 0 aliphatic rings. The molecule has 1 heterocycles. The van der Waals surface area contributed by atoms with Gasteiger partial charge in [-0.15, -0.1) is 0 Å². The number of aliphatic carboxylic acids is 1. The van der Waals surface area contributed by atoms with Crippen molar-refractivity contribution >= 4 is 27.0 Å². The molecule has 2 N–H and O–H groups in total. The Bertz CT molecular complexity index is 1860. The summed E-state index contributed by atoms with van der Waals surface area (Å²) in [6, 6.07) is 23.2. The van der Waals surface area contributed by atoms with E-state index in [4.69, 9.17) is 9.15 Å². The van der Waals surface area contributed by atoms with E-state index in [2.05, 4.69) is 0 Å². The van der Waals surface area contributed by atoms with Gasteiger partial charge in [0.25, 0.3) is 0 Å². The number of phenolic OH excluding ortho intramolecular Hbond substituents is 1. The molecule has 1 unspecified atom stereocenters. The first-order chi connectivity index (χ1) is 20.5. The maximum Gasteiger partial charge on any atom is 0.322 e. The number of hydrogen-bond acceptors (Lipinski definition) is 6. The standard InChI is InChI=1S/C34H33NO7S/c1-21-17-31(41-4)22(2)23(3)33(21)43(39,40)35(29(34(37)38)18-24-11-15-28(36)16-12-24)20-25-9-13-26(14-10-25)32-19-27-7-5-6-8-30(27)42-32/h5-17,19,29,36H,18,20H2,1-4H3,(H,37,38). The van der Waals surface area contributed by atoms with Gasteiger partial charge in [-0.05, 0) is 85.3 Å². The number of ether oxygens (including phenoxy) is 1. The highest BCUT2D eigenvalue weighted by atomic mass is 32.2. The van der Waals surface area contributed by atoms with Gasteiger partial charge in [-0.25, -0.2) is 8.42 Å². The highest BCUT2D eigenvalue weighted by Crippen LogP contribution is 2.35. The van der Waals surface area contributed by atoms with Gasteiger partial charge in [0.2, 0.25) is 10.0 Å². The van der Waals surface area contributed by atoms with E-state index < -0.39 is 22.0 Å². The van der Waals surface area contributed by atoms with Gasteiger partial charge in [-0.2, -0.15) is 4.31 Å². The monoisotopic (exact) mass is 599 g/mol. The van der Waals surface area contributed by atoms with Gasteiger partial charge in [0.15, 0.2) is 0 Å². The first-order valence-electron chi connectivity index (χ1n) is 13.7. The van der Waals surface area contributed by atoms with Crippen LogP contribution in [0.25, 0.3) is 22.3 Å². The number of rotatable bonds is 10. The van der Waals surface area contributed by atoms with Crippen molar-refractivity contribution in [1.82, 2.24) is 4.31 Å². The Morgan fingerprint density at radius 1 is 0.907 bits per heavy atom. The number of phenols is 1. The van der Waals surface area contributed by atoms with Crippen LogP contribution in [0.5, 0.6) is 11.5 Å². The number of carboxylic acids is 1. The van der Waals surface area contributed by atoms with Gasteiger partial charge in [0.1, 0.15) is 28.9 Å². The van der Waals surface area contributed by atoms with E-state index in [1.165, 1.54) is 19.2 Å². The molecular weight excluding hydrogens is 566 g/mol. The Labute approximate surface area is 250 Å². The number of aryl methyl sites for hydroxylation is 1. The molecule has 1 atom stereocenters. The minimum Gasteiger partial charge on any atom is -0.508 e. The zero-order valence-corrected chi connectivity index (χ0v) is 25.2. The molecule has 0 saturated carbocycles. The number of nitrogens with zero attached hydrogens (tertiary/aromatic N) is 1. The molecule has 0 aliphatic carbocycles. The largest absolute Gasteiger partial charge is 0.508 e. The summed E-state index contributed by atoms with van der Waals surface area (Å²) in [5.41, 5.74) is 4.37. The topological polar surface area (TPSA) is 117 Å². The summed E-state index contributed by atoms with van der Waals surface area (Å²) in [7, 11) is -2.81. The highest BCUT2D eigenvalue weighted by molar-refractivity contribution is 7.89. The lowest BCUT2D eigenvalue weighted by atomic mass is 10.0. The van der Waals surface area contributed by atoms with Crippen molar-refractivity contribution in [3.8, 4) is 22.8 Å². The Morgan fingerprint density at radius 3 is 2.19 bits per heavy atom. The third-order valence-corrected chi connectivity index (χ3v) is 9.91. The molecule has 0 spiro atoms. The van der Waals surface area contributed by atoms with E-state index in [-0.39, 0.29) is 23.6 Å².